The van der Waals surface area contributed by atoms with Gasteiger partial charge in [-0.25, -0.2) is 9.18 Å². The number of hydrogen-bond acceptors (Lipinski definition) is 4. The van der Waals surface area contributed by atoms with Crippen LogP contribution in [0.3, 0.4) is 0 Å². The molecule has 4 nitrogen and oxygen atoms in total. The minimum atomic E-state index is -2.29. The maximum absolute atomic E-state index is 15.1. The first-order valence-electron chi connectivity index (χ1n) is 6.76. The Labute approximate surface area is 127 Å². The van der Waals surface area contributed by atoms with Crippen LogP contribution in [-0.4, -0.2) is 27.6 Å². The van der Waals surface area contributed by atoms with E-state index in [9.17, 15) is 13.6 Å². The summed E-state index contributed by atoms with van der Waals surface area (Å²) in [6, 6.07) is 5.97. The van der Waals surface area contributed by atoms with Gasteiger partial charge in [0.1, 0.15) is 5.67 Å². The molecule has 0 bridgehead atoms. The quantitative estimate of drug-likeness (QED) is 0.573. The molecule has 0 fully saturated rings. The van der Waals surface area contributed by atoms with Gasteiger partial charge < -0.3 is 9.29 Å². The minimum absolute atomic E-state index is 0.223. The van der Waals surface area contributed by atoms with Crippen LogP contribution in [0.15, 0.2) is 24.3 Å². The standard InChI is InChI=1S/C15H21FO4S/c1-4-5-13(10-21(18)19)15(2,16)12-8-6-11(7-9-12)14(17)20-3/h6-9,13H,4-5,10H2,1-3H3,(H,18,19)/p-1. The predicted molar refractivity (Wildman–Crippen MR) is 78.4 cm³/mol. The van der Waals surface area contributed by atoms with Crippen molar-refractivity contribution in [3.05, 3.63) is 35.4 Å². The zero-order valence-corrected chi connectivity index (χ0v) is 13.2. The number of alkyl halides is 1. The average Bonchev–Trinajstić information content (AvgIpc) is 2.45. The van der Waals surface area contributed by atoms with Crippen LogP contribution in [0.25, 0.3) is 0 Å². The summed E-state index contributed by atoms with van der Waals surface area (Å²) in [7, 11) is 1.27. The van der Waals surface area contributed by atoms with E-state index in [4.69, 9.17) is 0 Å². The van der Waals surface area contributed by atoms with E-state index in [0.29, 0.717) is 24.0 Å². The zero-order chi connectivity index (χ0) is 16.0. The van der Waals surface area contributed by atoms with Crippen LogP contribution in [-0.2, 0) is 21.5 Å². The van der Waals surface area contributed by atoms with Crippen LogP contribution in [0.2, 0.25) is 0 Å². The molecule has 0 amide bonds. The van der Waals surface area contributed by atoms with Gasteiger partial charge in [0.05, 0.1) is 12.7 Å². The van der Waals surface area contributed by atoms with Crippen LogP contribution < -0.4 is 0 Å². The second kappa shape index (κ2) is 7.66. The van der Waals surface area contributed by atoms with E-state index in [-0.39, 0.29) is 5.75 Å². The Kier molecular flexibility index (Phi) is 6.48. The number of rotatable bonds is 7. The lowest BCUT2D eigenvalue weighted by molar-refractivity contribution is 0.0600. The van der Waals surface area contributed by atoms with Crippen molar-refractivity contribution in [2.75, 3.05) is 12.9 Å². The Morgan fingerprint density at radius 2 is 2.00 bits per heavy atom. The molecule has 1 rings (SSSR count). The number of hydrogen-bond donors (Lipinski definition) is 0. The van der Waals surface area contributed by atoms with Gasteiger partial charge in [-0.05, 0) is 31.0 Å². The topological polar surface area (TPSA) is 66.4 Å². The average molecular weight is 315 g/mol. The summed E-state index contributed by atoms with van der Waals surface area (Å²) in [6.07, 6.45) is 1.17. The van der Waals surface area contributed by atoms with E-state index in [1.54, 1.807) is 0 Å². The minimum Gasteiger partial charge on any atom is -0.772 e. The largest absolute Gasteiger partial charge is 0.772 e. The van der Waals surface area contributed by atoms with Crippen molar-refractivity contribution in [3.63, 3.8) is 0 Å². The number of esters is 1. The molecule has 0 saturated heterocycles. The molecule has 0 heterocycles. The lowest BCUT2D eigenvalue weighted by Gasteiger charge is -2.31. The SMILES string of the molecule is CCCC(CS(=O)[O-])C(C)(F)c1ccc(C(=O)OC)cc1. The van der Waals surface area contributed by atoms with Crippen molar-refractivity contribution in [1.29, 1.82) is 0 Å². The highest BCUT2D eigenvalue weighted by molar-refractivity contribution is 7.79. The zero-order valence-electron chi connectivity index (χ0n) is 12.4. The summed E-state index contributed by atoms with van der Waals surface area (Å²) in [5.41, 5.74) is -1.08. The van der Waals surface area contributed by atoms with Crippen LogP contribution in [0.5, 0.6) is 0 Å². The molecule has 3 atom stereocenters. The predicted octanol–water partition coefficient (Wildman–Crippen LogP) is 2.95. The van der Waals surface area contributed by atoms with E-state index >= 15 is 4.39 Å². The second-order valence-electron chi connectivity index (χ2n) is 5.10. The second-order valence-corrected chi connectivity index (χ2v) is 6.04. The number of ether oxygens (including phenoxy) is 1. The maximum atomic E-state index is 15.1. The van der Waals surface area contributed by atoms with E-state index in [1.807, 2.05) is 6.92 Å². The van der Waals surface area contributed by atoms with Crippen molar-refractivity contribution in [2.45, 2.75) is 32.4 Å². The first-order chi connectivity index (χ1) is 9.82. The van der Waals surface area contributed by atoms with Crippen molar-refractivity contribution < 1.29 is 22.7 Å². The Balaban J connectivity index is 3.03. The van der Waals surface area contributed by atoms with Crippen molar-refractivity contribution in [3.8, 4) is 0 Å². The van der Waals surface area contributed by atoms with Crippen molar-refractivity contribution in [1.82, 2.24) is 0 Å². The molecule has 6 heteroatoms. The molecule has 118 valence electrons. The molecular weight excluding hydrogens is 295 g/mol. The molecule has 1 aromatic carbocycles. The van der Waals surface area contributed by atoms with E-state index in [0.717, 1.165) is 0 Å². The smallest absolute Gasteiger partial charge is 0.337 e. The molecule has 0 radical (unpaired) electrons. The Hall–Kier alpha value is -1.27. The third-order valence-electron chi connectivity index (χ3n) is 3.61. The highest BCUT2D eigenvalue weighted by atomic mass is 32.2. The fourth-order valence-electron chi connectivity index (χ4n) is 2.31. The number of halogens is 1. The van der Waals surface area contributed by atoms with E-state index in [1.165, 1.54) is 38.3 Å². The lowest BCUT2D eigenvalue weighted by Crippen LogP contribution is -2.31. The summed E-state index contributed by atoms with van der Waals surface area (Å²) in [4.78, 5) is 11.4. The fourth-order valence-corrected chi connectivity index (χ4v) is 3.12. The molecule has 21 heavy (non-hydrogen) atoms. The molecule has 3 unspecified atom stereocenters. The summed E-state index contributed by atoms with van der Waals surface area (Å²) in [5.74, 6) is -1.34. The molecular formula is C15H20FO4S-. The van der Waals surface area contributed by atoms with E-state index < -0.39 is 28.6 Å². The lowest BCUT2D eigenvalue weighted by atomic mass is 9.83. The van der Waals surface area contributed by atoms with Crippen molar-refractivity contribution in [2.24, 2.45) is 5.92 Å². The fraction of sp³-hybridized carbons (Fsp3) is 0.533. The maximum Gasteiger partial charge on any atom is 0.337 e. The summed E-state index contributed by atoms with van der Waals surface area (Å²) < 4.78 is 41.5. The summed E-state index contributed by atoms with van der Waals surface area (Å²) in [5, 5.41) is 0. The molecule has 0 spiro atoms. The van der Waals surface area contributed by atoms with Gasteiger partial charge in [0.25, 0.3) is 0 Å². The first kappa shape index (κ1) is 17.8. The highest BCUT2D eigenvalue weighted by Crippen LogP contribution is 2.37. The molecule has 0 saturated carbocycles. The van der Waals surface area contributed by atoms with Gasteiger partial charge in [0, 0.05) is 11.7 Å². The van der Waals surface area contributed by atoms with Gasteiger partial charge >= 0.3 is 5.97 Å². The number of carbonyl (C=O) groups is 1. The Bertz CT molecular complexity index is 499. The van der Waals surface area contributed by atoms with Crippen molar-refractivity contribution >= 4 is 17.0 Å². The number of methoxy groups -OCH3 is 1. The van der Waals surface area contributed by atoms with Crippen LogP contribution in [0.1, 0.15) is 42.6 Å². The van der Waals surface area contributed by atoms with Gasteiger partial charge in [-0.3, -0.25) is 4.21 Å². The Morgan fingerprint density at radius 3 is 2.43 bits per heavy atom. The number of benzene rings is 1. The summed E-state index contributed by atoms with van der Waals surface area (Å²) in [6.45, 7) is 3.27. The third kappa shape index (κ3) is 4.61. The molecule has 0 N–H and O–H groups in total. The Morgan fingerprint density at radius 1 is 1.43 bits per heavy atom. The highest BCUT2D eigenvalue weighted by Gasteiger charge is 2.35. The van der Waals surface area contributed by atoms with Gasteiger partial charge in [-0.15, -0.1) is 0 Å². The van der Waals surface area contributed by atoms with Gasteiger partial charge in [0.15, 0.2) is 0 Å². The van der Waals surface area contributed by atoms with Gasteiger partial charge in [-0.1, -0.05) is 36.6 Å². The van der Waals surface area contributed by atoms with Crippen LogP contribution in [0, 0.1) is 5.92 Å². The number of carbonyl (C=O) groups excluding carboxylic acids is 1. The van der Waals surface area contributed by atoms with Gasteiger partial charge in [-0.2, -0.15) is 0 Å². The monoisotopic (exact) mass is 315 g/mol. The van der Waals surface area contributed by atoms with E-state index in [2.05, 4.69) is 4.74 Å². The first-order valence-corrected chi connectivity index (χ1v) is 8.01. The molecule has 0 aromatic heterocycles. The summed E-state index contributed by atoms with van der Waals surface area (Å²) >= 11 is -2.29. The van der Waals surface area contributed by atoms with Gasteiger partial charge in [0.2, 0.25) is 0 Å². The van der Waals surface area contributed by atoms with Crippen LogP contribution in [0.4, 0.5) is 4.39 Å². The third-order valence-corrected chi connectivity index (χ3v) is 4.29. The molecule has 1 aromatic rings. The van der Waals surface area contributed by atoms with Crippen LogP contribution >= 0.6 is 0 Å². The normalized spacial score (nSPS) is 16.8. The molecule has 0 aliphatic rings. The molecule has 0 aliphatic carbocycles. The molecule has 0 aliphatic heterocycles.